The van der Waals surface area contributed by atoms with Crippen LogP contribution in [0.2, 0.25) is 0 Å². The smallest absolute Gasteiger partial charge is 0.107 e. The third kappa shape index (κ3) is 5.53. The summed E-state index contributed by atoms with van der Waals surface area (Å²) in [7, 11) is 0. The summed E-state index contributed by atoms with van der Waals surface area (Å²) in [6, 6.07) is 6.43. The lowest BCUT2D eigenvalue weighted by Gasteiger charge is -2.01. The molecule has 1 aromatic heterocycles. The lowest BCUT2D eigenvalue weighted by molar-refractivity contribution is 0.562. The molecule has 1 heterocycles. The Balaban J connectivity index is 1.59. The first-order valence-electron chi connectivity index (χ1n) is 8.75. The van der Waals surface area contributed by atoms with E-state index in [4.69, 9.17) is 0 Å². The number of hydrogen-bond donors (Lipinski definition) is 1. The second-order valence-electron chi connectivity index (χ2n) is 6.28. The number of hydrogen-bond acceptors (Lipinski definition) is 1. The summed E-state index contributed by atoms with van der Waals surface area (Å²) in [5.41, 5.74) is 3.58. The van der Waals surface area contributed by atoms with Crippen molar-refractivity contribution in [3.8, 4) is 0 Å². The summed E-state index contributed by atoms with van der Waals surface area (Å²) in [5.74, 6) is 1.15. The predicted octanol–water partition coefficient (Wildman–Crippen LogP) is 5.94. The third-order valence-electron chi connectivity index (χ3n) is 4.20. The Kier molecular flexibility index (Phi) is 6.78. The number of imidazole rings is 1. The summed E-state index contributed by atoms with van der Waals surface area (Å²) in [6.07, 6.45) is 13.5. The highest BCUT2D eigenvalue weighted by molar-refractivity contribution is 5.75. The van der Waals surface area contributed by atoms with Crippen molar-refractivity contribution in [3.63, 3.8) is 0 Å². The van der Waals surface area contributed by atoms with E-state index >= 15 is 0 Å². The van der Waals surface area contributed by atoms with Gasteiger partial charge in [-0.15, -0.1) is 0 Å². The van der Waals surface area contributed by atoms with Crippen molar-refractivity contribution in [2.45, 2.75) is 78.1 Å². The molecule has 116 valence electrons. The van der Waals surface area contributed by atoms with Crippen molar-refractivity contribution >= 4 is 11.0 Å². The maximum Gasteiger partial charge on any atom is 0.107 e. The number of aromatic amines is 1. The van der Waals surface area contributed by atoms with E-state index in [-0.39, 0.29) is 0 Å². The minimum absolute atomic E-state index is 1.09. The van der Waals surface area contributed by atoms with E-state index in [9.17, 15) is 0 Å². The molecule has 0 spiro atoms. The molecule has 2 aromatic rings. The van der Waals surface area contributed by atoms with Crippen molar-refractivity contribution in [1.82, 2.24) is 9.97 Å². The van der Waals surface area contributed by atoms with Crippen LogP contribution in [0.15, 0.2) is 18.2 Å². The molecule has 0 aliphatic heterocycles. The average molecular weight is 286 g/mol. The monoisotopic (exact) mass is 286 g/mol. The molecule has 0 radical (unpaired) electrons. The molecule has 21 heavy (non-hydrogen) atoms. The number of rotatable bonds is 10. The largest absolute Gasteiger partial charge is 0.342 e. The SMILES string of the molecule is CCCCCCCCCCCc1nc2ccc(C)cc2[nH]1. The number of aryl methyl sites for hydroxylation is 2. The Hall–Kier alpha value is -1.31. The predicted molar refractivity (Wildman–Crippen MR) is 91.8 cm³/mol. The van der Waals surface area contributed by atoms with Crippen molar-refractivity contribution in [2.24, 2.45) is 0 Å². The van der Waals surface area contributed by atoms with Crippen LogP contribution in [-0.4, -0.2) is 9.97 Å². The quantitative estimate of drug-likeness (QED) is 0.537. The third-order valence-corrected chi connectivity index (χ3v) is 4.20. The first-order chi connectivity index (χ1) is 10.3. The van der Waals surface area contributed by atoms with Gasteiger partial charge in [0.05, 0.1) is 11.0 Å². The summed E-state index contributed by atoms with van der Waals surface area (Å²) in [5, 5.41) is 0. The Morgan fingerprint density at radius 2 is 1.57 bits per heavy atom. The minimum atomic E-state index is 1.09. The van der Waals surface area contributed by atoms with E-state index in [1.807, 2.05) is 0 Å². The topological polar surface area (TPSA) is 28.7 Å². The minimum Gasteiger partial charge on any atom is -0.342 e. The zero-order chi connectivity index (χ0) is 14.9. The van der Waals surface area contributed by atoms with Crippen LogP contribution in [0, 0.1) is 6.92 Å². The molecular weight excluding hydrogens is 256 g/mol. The molecule has 0 amide bonds. The van der Waals surface area contributed by atoms with Crippen LogP contribution >= 0.6 is 0 Å². The molecule has 0 atom stereocenters. The van der Waals surface area contributed by atoms with Crippen LogP contribution < -0.4 is 0 Å². The van der Waals surface area contributed by atoms with Crippen molar-refractivity contribution in [3.05, 3.63) is 29.6 Å². The maximum absolute atomic E-state index is 4.67. The molecular formula is C19H30N2. The molecule has 2 rings (SSSR count). The second kappa shape index (κ2) is 8.86. The number of nitrogens with one attached hydrogen (secondary N) is 1. The molecule has 0 bridgehead atoms. The van der Waals surface area contributed by atoms with Gasteiger partial charge in [-0.1, -0.05) is 64.4 Å². The van der Waals surface area contributed by atoms with Crippen molar-refractivity contribution < 1.29 is 0 Å². The number of H-pyrrole nitrogens is 1. The molecule has 2 nitrogen and oxygen atoms in total. The van der Waals surface area contributed by atoms with Crippen molar-refractivity contribution in [2.75, 3.05) is 0 Å². The van der Waals surface area contributed by atoms with Crippen LogP contribution in [0.4, 0.5) is 0 Å². The van der Waals surface area contributed by atoms with E-state index in [1.54, 1.807) is 0 Å². The van der Waals surface area contributed by atoms with Crippen LogP contribution in [0.5, 0.6) is 0 Å². The normalized spacial score (nSPS) is 11.3. The molecule has 0 unspecified atom stereocenters. The Morgan fingerprint density at radius 1 is 0.905 bits per heavy atom. The van der Waals surface area contributed by atoms with Gasteiger partial charge in [-0.3, -0.25) is 0 Å². The molecule has 0 saturated carbocycles. The second-order valence-corrected chi connectivity index (χ2v) is 6.28. The van der Waals surface area contributed by atoms with Gasteiger partial charge in [-0.25, -0.2) is 4.98 Å². The van der Waals surface area contributed by atoms with Crippen LogP contribution in [0.3, 0.4) is 0 Å². The molecule has 0 saturated heterocycles. The molecule has 1 N–H and O–H groups in total. The van der Waals surface area contributed by atoms with E-state index < -0.39 is 0 Å². The van der Waals surface area contributed by atoms with E-state index in [2.05, 4.69) is 42.0 Å². The molecule has 0 fully saturated rings. The standard InChI is InChI=1S/C19H30N2/c1-3-4-5-6-7-8-9-10-11-12-19-20-17-14-13-16(2)15-18(17)21-19/h13-15H,3-12H2,1-2H3,(H,20,21). The highest BCUT2D eigenvalue weighted by Crippen LogP contribution is 2.15. The van der Waals surface area contributed by atoms with Gasteiger partial charge in [0, 0.05) is 6.42 Å². The molecule has 1 aromatic carbocycles. The fraction of sp³-hybridized carbons (Fsp3) is 0.632. The van der Waals surface area contributed by atoms with Gasteiger partial charge in [0.25, 0.3) is 0 Å². The van der Waals surface area contributed by atoms with Gasteiger partial charge in [0.2, 0.25) is 0 Å². The van der Waals surface area contributed by atoms with Gasteiger partial charge in [0.1, 0.15) is 5.82 Å². The Bertz CT molecular complexity index is 527. The summed E-state index contributed by atoms with van der Waals surface area (Å²) >= 11 is 0. The first-order valence-corrected chi connectivity index (χ1v) is 8.75. The lowest BCUT2D eigenvalue weighted by atomic mass is 10.1. The molecule has 0 aliphatic rings. The molecule has 0 aliphatic carbocycles. The number of fused-ring (bicyclic) bond motifs is 1. The van der Waals surface area contributed by atoms with Crippen LogP contribution in [0.25, 0.3) is 11.0 Å². The fourth-order valence-corrected chi connectivity index (χ4v) is 2.90. The highest BCUT2D eigenvalue weighted by atomic mass is 14.9. The zero-order valence-corrected chi connectivity index (χ0v) is 13.8. The number of benzene rings is 1. The van der Waals surface area contributed by atoms with Gasteiger partial charge < -0.3 is 4.98 Å². The van der Waals surface area contributed by atoms with Gasteiger partial charge in [-0.05, 0) is 31.0 Å². The average Bonchev–Trinajstić information content (AvgIpc) is 2.87. The van der Waals surface area contributed by atoms with E-state index in [0.29, 0.717) is 0 Å². The van der Waals surface area contributed by atoms with E-state index in [1.165, 1.54) is 68.9 Å². The van der Waals surface area contributed by atoms with Crippen LogP contribution in [-0.2, 0) is 6.42 Å². The Labute approximate surface area is 129 Å². The number of nitrogens with zero attached hydrogens (tertiary/aromatic N) is 1. The molecule has 2 heteroatoms. The first kappa shape index (κ1) is 16.1. The highest BCUT2D eigenvalue weighted by Gasteiger charge is 2.02. The summed E-state index contributed by atoms with van der Waals surface area (Å²) in [6.45, 7) is 4.40. The number of unbranched alkanes of at least 4 members (excludes halogenated alkanes) is 8. The number of aromatic nitrogens is 2. The van der Waals surface area contributed by atoms with Crippen LogP contribution in [0.1, 0.15) is 76.1 Å². The Morgan fingerprint density at radius 3 is 2.29 bits per heavy atom. The van der Waals surface area contributed by atoms with E-state index in [0.717, 1.165) is 17.8 Å². The fourth-order valence-electron chi connectivity index (χ4n) is 2.90. The van der Waals surface area contributed by atoms with Gasteiger partial charge in [-0.2, -0.15) is 0 Å². The lowest BCUT2D eigenvalue weighted by Crippen LogP contribution is -1.88. The summed E-state index contributed by atoms with van der Waals surface area (Å²) in [4.78, 5) is 8.12. The van der Waals surface area contributed by atoms with Gasteiger partial charge in [0.15, 0.2) is 0 Å². The zero-order valence-electron chi connectivity index (χ0n) is 13.8. The van der Waals surface area contributed by atoms with Gasteiger partial charge >= 0.3 is 0 Å². The van der Waals surface area contributed by atoms with Crippen molar-refractivity contribution in [1.29, 1.82) is 0 Å². The summed E-state index contributed by atoms with van der Waals surface area (Å²) < 4.78 is 0. The maximum atomic E-state index is 4.67.